The van der Waals surface area contributed by atoms with Crippen LogP contribution in [-0.4, -0.2) is 29.3 Å². The van der Waals surface area contributed by atoms with E-state index >= 15 is 0 Å². The van der Waals surface area contributed by atoms with Gasteiger partial charge in [-0.05, 0) is 19.3 Å². The number of rotatable bonds is 3. The van der Waals surface area contributed by atoms with Gasteiger partial charge in [-0.3, -0.25) is 0 Å². The van der Waals surface area contributed by atoms with Gasteiger partial charge in [0.2, 0.25) is 5.88 Å². The second-order valence-corrected chi connectivity index (χ2v) is 6.00. The van der Waals surface area contributed by atoms with E-state index in [1.807, 2.05) is 0 Å². The van der Waals surface area contributed by atoms with Gasteiger partial charge in [0, 0.05) is 18.1 Å². The third-order valence-corrected chi connectivity index (χ3v) is 3.08. The van der Waals surface area contributed by atoms with Gasteiger partial charge < -0.3 is 15.2 Å². The van der Waals surface area contributed by atoms with Crippen LogP contribution < -0.4 is 10.5 Å². The highest BCUT2D eigenvalue weighted by atomic mass is 16.5. The molecule has 0 aliphatic carbocycles. The molecule has 2 N–H and O–H groups in total. The minimum Gasteiger partial charge on any atom is -0.475 e. The topological polar surface area (TPSA) is 70.3 Å². The molecule has 0 aromatic carbocycles. The molecule has 0 saturated carbocycles. The lowest BCUT2D eigenvalue weighted by Crippen LogP contribution is -2.26. The minimum absolute atomic E-state index is 0.144. The minimum atomic E-state index is -0.144. The standard InChI is InChI=1S/C14H23N3O2/c1-14(2,3)13-16-11(15)8-12(17-13)19-9-10-6-4-5-7-18-10/h8,10H,4-7,9H2,1-3H3,(H2,15,16,17). The summed E-state index contributed by atoms with van der Waals surface area (Å²) in [5.74, 6) is 1.68. The fourth-order valence-corrected chi connectivity index (χ4v) is 1.97. The lowest BCUT2D eigenvalue weighted by atomic mass is 9.96. The zero-order chi connectivity index (χ0) is 13.9. The third-order valence-electron chi connectivity index (χ3n) is 3.08. The SMILES string of the molecule is CC(C)(C)c1nc(N)cc(OCC2CCCCO2)n1. The van der Waals surface area contributed by atoms with Crippen molar-refractivity contribution < 1.29 is 9.47 Å². The average molecular weight is 265 g/mol. The quantitative estimate of drug-likeness (QED) is 0.908. The number of aromatic nitrogens is 2. The molecule has 0 amide bonds. The highest BCUT2D eigenvalue weighted by molar-refractivity contribution is 5.34. The molecule has 0 spiro atoms. The number of anilines is 1. The van der Waals surface area contributed by atoms with Gasteiger partial charge >= 0.3 is 0 Å². The van der Waals surface area contributed by atoms with E-state index in [2.05, 4.69) is 30.7 Å². The van der Waals surface area contributed by atoms with E-state index in [9.17, 15) is 0 Å². The molecule has 106 valence electrons. The van der Waals surface area contributed by atoms with Gasteiger partial charge in [0.15, 0.2) is 0 Å². The van der Waals surface area contributed by atoms with Crippen LogP contribution in [-0.2, 0) is 10.2 Å². The molecule has 1 aromatic heterocycles. The number of nitrogens with zero attached hydrogens (tertiary/aromatic N) is 2. The highest BCUT2D eigenvalue weighted by Crippen LogP contribution is 2.22. The fourth-order valence-electron chi connectivity index (χ4n) is 1.97. The Morgan fingerprint density at radius 1 is 1.37 bits per heavy atom. The second-order valence-electron chi connectivity index (χ2n) is 6.00. The van der Waals surface area contributed by atoms with Gasteiger partial charge in [-0.1, -0.05) is 20.8 Å². The van der Waals surface area contributed by atoms with E-state index < -0.39 is 0 Å². The molecule has 1 aromatic rings. The maximum Gasteiger partial charge on any atom is 0.218 e. The number of hydrogen-bond donors (Lipinski definition) is 1. The lowest BCUT2D eigenvalue weighted by molar-refractivity contribution is -0.0120. The molecular formula is C14H23N3O2. The molecule has 5 nitrogen and oxygen atoms in total. The van der Waals surface area contributed by atoms with Gasteiger partial charge in [-0.15, -0.1) is 0 Å². The monoisotopic (exact) mass is 265 g/mol. The van der Waals surface area contributed by atoms with Crippen molar-refractivity contribution in [3.05, 3.63) is 11.9 Å². The number of nitrogen functional groups attached to an aromatic ring is 1. The summed E-state index contributed by atoms with van der Waals surface area (Å²) in [6.45, 7) is 7.51. The van der Waals surface area contributed by atoms with Crippen molar-refractivity contribution in [2.24, 2.45) is 0 Å². The Kier molecular flexibility index (Phi) is 4.24. The molecule has 1 saturated heterocycles. The summed E-state index contributed by atoms with van der Waals surface area (Å²) in [4.78, 5) is 8.68. The smallest absolute Gasteiger partial charge is 0.218 e. The van der Waals surface area contributed by atoms with Crippen molar-refractivity contribution in [2.75, 3.05) is 18.9 Å². The molecule has 2 rings (SSSR count). The van der Waals surface area contributed by atoms with Crippen LogP contribution in [0.1, 0.15) is 45.9 Å². The third kappa shape index (κ3) is 4.06. The van der Waals surface area contributed by atoms with Gasteiger partial charge in [0.1, 0.15) is 18.2 Å². The van der Waals surface area contributed by atoms with E-state index in [1.54, 1.807) is 6.07 Å². The Hall–Kier alpha value is -1.36. The Morgan fingerprint density at radius 3 is 2.79 bits per heavy atom. The van der Waals surface area contributed by atoms with Crippen LogP contribution in [0.2, 0.25) is 0 Å². The molecule has 5 heteroatoms. The Balaban J connectivity index is 2.01. The van der Waals surface area contributed by atoms with E-state index in [4.69, 9.17) is 15.2 Å². The first-order valence-corrected chi connectivity index (χ1v) is 6.84. The van der Waals surface area contributed by atoms with Crippen LogP contribution in [0.25, 0.3) is 0 Å². The van der Waals surface area contributed by atoms with E-state index in [0.29, 0.717) is 24.1 Å². The molecule has 1 unspecified atom stereocenters. The normalized spacial score (nSPS) is 20.3. The van der Waals surface area contributed by atoms with Crippen molar-refractivity contribution in [1.82, 2.24) is 9.97 Å². The summed E-state index contributed by atoms with van der Waals surface area (Å²) in [6, 6.07) is 1.66. The van der Waals surface area contributed by atoms with Crippen molar-refractivity contribution in [3.63, 3.8) is 0 Å². The molecule has 1 atom stereocenters. The van der Waals surface area contributed by atoms with Crippen molar-refractivity contribution in [3.8, 4) is 5.88 Å². The maximum atomic E-state index is 5.80. The molecule has 0 radical (unpaired) electrons. The predicted molar refractivity (Wildman–Crippen MR) is 74.2 cm³/mol. The van der Waals surface area contributed by atoms with Crippen LogP contribution in [0, 0.1) is 0 Å². The van der Waals surface area contributed by atoms with Crippen LogP contribution in [0.3, 0.4) is 0 Å². The molecular weight excluding hydrogens is 242 g/mol. The van der Waals surface area contributed by atoms with Crippen LogP contribution >= 0.6 is 0 Å². The van der Waals surface area contributed by atoms with E-state index in [-0.39, 0.29) is 11.5 Å². The summed E-state index contributed by atoms with van der Waals surface area (Å²) >= 11 is 0. The predicted octanol–water partition coefficient (Wildman–Crippen LogP) is 2.30. The van der Waals surface area contributed by atoms with Gasteiger partial charge in [0.25, 0.3) is 0 Å². The Bertz CT molecular complexity index is 423. The second kappa shape index (κ2) is 5.74. The number of nitrogens with two attached hydrogens (primary N) is 1. The molecule has 1 fully saturated rings. The number of hydrogen-bond acceptors (Lipinski definition) is 5. The molecule has 0 bridgehead atoms. The first-order valence-electron chi connectivity index (χ1n) is 6.84. The Labute approximate surface area is 114 Å². The summed E-state index contributed by atoms with van der Waals surface area (Å²) in [5, 5.41) is 0. The first-order chi connectivity index (χ1) is 8.95. The zero-order valence-corrected chi connectivity index (χ0v) is 12.0. The maximum absolute atomic E-state index is 5.80. The summed E-state index contributed by atoms with van der Waals surface area (Å²) < 4.78 is 11.3. The highest BCUT2D eigenvalue weighted by Gasteiger charge is 2.20. The fraction of sp³-hybridized carbons (Fsp3) is 0.714. The largest absolute Gasteiger partial charge is 0.475 e. The molecule has 2 heterocycles. The van der Waals surface area contributed by atoms with Crippen LogP contribution in [0.15, 0.2) is 6.07 Å². The van der Waals surface area contributed by atoms with Gasteiger partial charge in [0.05, 0.1) is 6.10 Å². The van der Waals surface area contributed by atoms with Gasteiger partial charge in [-0.25, -0.2) is 4.98 Å². The molecule has 1 aliphatic heterocycles. The van der Waals surface area contributed by atoms with Crippen molar-refractivity contribution in [1.29, 1.82) is 0 Å². The molecule has 1 aliphatic rings. The summed E-state index contributed by atoms with van der Waals surface area (Å²) in [5.41, 5.74) is 5.66. The summed E-state index contributed by atoms with van der Waals surface area (Å²) in [6.07, 6.45) is 3.56. The molecule has 19 heavy (non-hydrogen) atoms. The van der Waals surface area contributed by atoms with Crippen LogP contribution in [0.4, 0.5) is 5.82 Å². The Morgan fingerprint density at radius 2 is 2.16 bits per heavy atom. The first kappa shape index (κ1) is 14.1. The van der Waals surface area contributed by atoms with Gasteiger partial charge in [-0.2, -0.15) is 4.98 Å². The number of ether oxygens (including phenoxy) is 2. The van der Waals surface area contributed by atoms with E-state index in [1.165, 1.54) is 6.42 Å². The average Bonchev–Trinajstić information content (AvgIpc) is 2.36. The van der Waals surface area contributed by atoms with Crippen molar-refractivity contribution in [2.45, 2.75) is 51.6 Å². The summed E-state index contributed by atoms with van der Waals surface area (Å²) in [7, 11) is 0. The van der Waals surface area contributed by atoms with E-state index in [0.717, 1.165) is 19.4 Å². The van der Waals surface area contributed by atoms with Crippen molar-refractivity contribution >= 4 is 5.82 Å². The van der Waals surface area contributed by atoms with Crippen LogP contribution in [0.5, 0.6) is 5.88 Å². The zero-order valence-electron chi connectivity index (χ0n) is 12.0. The lowest BCUT2D eigenvalue weighted by Gasteiger charge is -2.23.